The minimum atomic E-state index is -0.859. The molecule has 1 aliphatic carbocycles. The first-order valence-corrected chi connectivity index (χ1v) is 6.69. The summed E-state index contributed by atoms with van der Waals surface area (Å²) in [6.45, 7) is 4.08. The predicted molar refractivity (Wildman–Crippen MR) is 68.3 cm³/mol. The van der Waals surface area contributed by atoms with Crippen molar-refractivity contribution < 1.29 is 19.0 Å². The number of nitrogens with two attached hydrogens (primary N) is 1. The first-order chi connectivity index (χ1) is 8.62. The second-order valence-electron chi connectivity index (χ2n) is 4.85. The minimum Gasteiger partial charge on any atom is -0.468 e. The van der Waals surface area contributed by atoms with Gasteiger partial charge in [0.15, 0.2) is 0 Å². The lowest BCUT2D eigenvalue weighted by Gasteiger charge is -2.20. The number of unbranched alkanes of at least 4 members (excludes halogenated alkanes) is 1. The van der Waals surface area contributed by atoms with Crippen molar-refractivity contribution in [3.8, 4) is 0 Å². The molecule has 5 nitrogen and oxygen atoms in total. The first kappa shape index (κ1) is 15.4. The Kier molecular flexibility index (Phi) is 6.60. The van der Waals surface area contributed by atoms with E-state index in [0.29, 0.717) is 26.1 Å². The molecule has 0 spiro atoms. The summed E-state index contributed by atoms with van der Waals surface area (Å²) in [5, 5.41) is 0. The third-order valence-corrected chi connectivity index (χ3v) is 3.32. The van der Waals surface area contributed by atoms with Crippen molar-refractivity contribution in [2.45, 2.75) is 50.7 Å². The molecule has 5 heteroatoms. The van der Waals surface area contributed by atoms with Crippen LogP contribution in [0, 0.1) is 0 Å². The first-order valence-electron chi connectivity index (χ1n) is 6.69. The van der Waals surface area contributed by atoms with E-state index in [-0.39, 0.29) is 12.1 Å². The summed E-state index contributed by atoms with van der Waals surface area (Å²) in [5.74, 6) is -0.340. The van der Waals surface area contributed by atoms with Crippen LogP contribution in [0.15, 0.2) is 0 Å². The smallest absolute Gasteiger partial charge is 0.325 e. The van der Waals surface area contributed by atoms with Crippen LogP contribution in [-0.4, -0.2) is 44.5 Å². The molecule has 0 amide bonds. The summed E-state index contributed by atoms with van der Waals surface area (Å²) in [6.07, 6.45) is 4.23. The standard InChI is InChI=1S/C13H25NO4/c1-3-4-7-17-8-9-18-11-5-6-13(14,10-11)12(15)16-2/h11H,3-10,14H2,1-2H3. The van der Waals surface area contributed by atoms with E-state index >= 15 is 0 Å². The number of esters is 1. The van der Waals surface area contributed by atoms with E-state index in [1.165, 1.54) is 7.11 Å². The van der Waals surface area contributed by atoms with E-state index in [4.69, 9.17) is 19.9 Å². The Labute approximate surface area is 109 Å². The fourth-order valence-electron chi connectivity index (χ4n) is 2.18. The van der Waals surface area contributed by atoms with E-state index < -0.39 is 5.54 Å². The van der Waals surface area contributed by atoms with E-state index in [1.54, 1.807) is 0 Å². The summed E-state index contributed by atoms with van der Waals surface area (Å²) >= 11 is 0. The Bertz CT molecular complexity index is 259. The molecule has 106 valence electrons. The fraction of sp³-hybridized carbons (Fsp3) is 0.923. The van der Waals surface area contributed by atoms with Crippen LogP contribution in [0.1, 0.15) is 39.0 Å². The van der Waals surface area contributed by atoms with E-state index in [0.717, 1.165) is 25.9 Å². The van der Waals surface area contributed by atoms with Gasteiger partial charge in [0, 0.05) is 13.0 Å². The van der Waals surface area contributed by atoms with Gasteiger partial charge in [-0.2, -0.15) is 0 Å². The molecule has 1 aliphatic rings. The van der Waals surface area contributed by atoms with E-state index in [1.807, 2.05) is 0 Å². The van der Waals surface area contributed by atoms with Crippen molar-refractivity contribution in [3.63, 3.8) is 0 Å². The average Bonchev–Trinajstić information content (AvgIpc) is 2.76. The summed E-state index contributed by atoms with van der Waals surface area (Å²) in [5.41, 5.74) is 5.13. The van der Waals surface area contributed by atoms with Gasteiger partial charge in [0.25, 0.3) is 0 Å². The van der Waals surface area contributed by atoms with Crippen molar-refractivity contribution in [2.75, 3.05) is 26.9 Å². The third-order valence-electron chi connectivity index (χ3n) is 3.32. The lowest BCUT2D eigenvalue weighted by Crippen LogP contribution is -2.46. The van der Waals surface area contributed by atoms with Crippen molar-refractivity contribution in [1.82, 2.24) is 0 Å². The number of rotatable bonds is 8. The van der Waals surface area contributed by atoms with Gasteiger partial charge in [-0.05, 0) is 19.3 Å². The van der Waals surface area contributed by atoms with Crippen LogP contribution in [0.3, 0.4) is 0 Å². The van der Waals surface area contributed by atoms with Crippen LogP contribution in [0.25, 0.3) is 0 Å². The highest BCUT2D eigenvalue weighted by molar-refractivity contribution is 5.80. The van der Waals surface area contributed by atoms with Gasteiger partial charge in [0.05, 0.1) is 26.4 Å². The number of hydrogen-bond acceptors (Lipinski definition) is 5. The number of carbonyl (C=O) groups excluding carboxylic acids is 1. The van der Waals surface area contributed by atoms with Crippen LogP contribution >= 0.6 is 0 Å². The predicted octanol–water partition coefficient (Wildman–Crippen LogP) is 1.24. The van der Waals surface area contributed by atoms with Crippen LogP contribution < -0.4 is 5.73 Å². The van der Waals surface area contributed by atoms with Gasteiger partial charge < -0.3 is 19.9 Å². The van der Waals surface area contributed by atoms with Gasteiger partial charge in [-0.3, -0.25) is 4.79 Å². The molecule has 0 aromatic heterocycles. The maximum atomic E-state index is 11.5. The molecule has 1 fully saturated rings. The number of carbonyl (C=O) groups is 1. The lowest BCUT2D eigenvalue weighted by atomic mass is 10.00. The summed E-state index contributed by atoms with van der Waals surface area (Å²) in [4.78, 5) is 11.5. The molecule has 0 aliphatic heterocycles. The zero-order valence-corrected chi connectivity index (χ0v) is 11.4. The highest BCUT2D eigenvalue weighted by Gasteiger charge is 2.43. The Hall–Kier alpha value is -0.650. The van der Waals surface area contributed by atoms with Gasteiger partial charge in [-0.1, -0.05) is 13.3 Å². The Morgan fingerprint density at radius 1 is 1.39 bits per heavy atom. The second-order valence-corrected chi connectivity index (χ2v) is 4.85. The molecular formula is C13H25NO4. The molecule has 2 atom stereocenters. The van der Waals surface area contributed by atoms with Gasteiger partial charge in [-0.15, -0.1) is 0 Å². The molecule has 2 N–H and O–H groups in total. The topological polar surface area (TPSA) is 70.8 Å². The zero-order chi connectivity index (χ0) is 13.4. The molecule has 0 aromatic carbocycles. The van der Waals surface area contributed by atoms with Crippen molar-refractivity contribution in [3.05, 3.63) is 0 Å². The molecule has 2 unspecified atom stereocenters. The maximum absolute atomic E-state index is 11.5. The van der Waals surface area contributed by atoms with E-state index in [9.17, 15) is 4.79 Å². The van der Waals surface area contributed by atoms with Gasteiger partial charge in [0.2, 0.25) is 0 Å². The van der Waals surface area contributed by atoms with Gasteiger partial charge >= 0.3 is 5.97 Å². The van der Waals surface area contributed by atoms with Gasteiger partial charge in [0.1, 0.15) is 5.54 Å². The molecule has 0 heterocycles. The SMILES string of the molecule is CCCCOCCOC1CCC(N)(C(=O)OC)C1. The molecule has 0 radical (unpaired) electrons. The molecule has 0 bridgehead atoms. The number of ether oxygens (including phenoxy) is 3. The van der Waals surface area contributed by atoms with Crippen LogP contribution in [-0.2, 0) is 19.0 Å². The normalized spacial score (nSPS) is 27.4. The maximum Gasteiger partial charge on any atom is 0.325 e. The van der Waals surface area contributed by atoms with Crippen molar-refractivity contribution in [2.24, 2.45) is 5.73 Å². The highest BCUT2D eigenvalue weighted by atomic mass is 16.5. The quantitative estimate of drug-likeness (QED) is 0.524. The summed E-state index contributed by atoms with van der Waals surface area (Å²) in [7, 11) is 1.37. The second kappa shape index (κ2) is 7.71. The van der Waals surface area contributed by atoms with Crippen molar-refractivity contribution >= 4 is 5.97 Å². The average molecular weight is 259 g/mol. The molecule has 0 saturated heterocycles. The molecule has 1 rings (SSSR count). The summed E-state index contributed by atoms with van der Waals surface area (Å²) < 4.78 is 15.8. The molecule has 18 heavy (non-hydrogen) atoms. The van der Waals surface area contributed by atoms with E-state index in [2.05, 4.69) is 6.92 Å². The summed E-state index contributed by atoms with van der Waals surface area (Å²) in [6, 6.07) is 0. The largest absolute Gasteiger partial charge is 0.468 e. The monoisotopic (exact) mass is 259 g/mol. The Balaban J connectivity index is 2.13. The Morgan fingerprint density at radius 3 is 2.83 bits per heavy atom. The van der Waals surface area contributed by atoms with Crippen LogP contribution in [0.2, 0.25) is 0 Å². The highest BCUT2D eigenvalue weighted by Crippen LogP contribution is 2.30. The molecule has 1 saturated carbocycles. The van der Waals surface area contributed by atoms with Crippen molar-refractivity contribution in [1.29, 1.82) is 0 Å². The lowest BCUT2D eigenvalue weighted by molar-refractivity contribution is -0.147. The molecule has 0 aromatic rings. The zero-order valence-electron chi connectivity index (χ0n) is 11.4. The third kappa shape index (κ3) is 4.55. The fourth-order valence-corrected chi connectivity index (χ4v) is 2.18. The van der Waals surface area contributed by atoms with Crippen LogP contribution in [0.5, 0.6) is 0 Å². The molecular weight excluding hydrogens is 234 g/mol. The number of hydrogen-bond donors (Lipinski definition) is 1. The van der Waals surface area contributed by atoms with Crippen LogP contribution in [0.4, 0.5) is 0 Å². The van der Waals surface area contributed by atoms with Gasteiger partial charge in [-0.25, -0.2) is 0 Å². The Morgan fingerprint density at radius 2 is 2.17 bits per heavy atom. The number of methoxy groups -OCH3 is 1. The minimum absolute atomic E-state index is 0.0453.